The van der Waals surface area contributed by atoms with Crippen molar-refractivity contribution in [3.05, 3.63) is 17.0 Å². The Morgan fingerprint density at radius 1 is 1.39 bits per heavy atom. The summed E-state index contributed by atoms with van der Waals surface area (Å²) in [7, 11) is 1.94. The summed E-state index contributed by atoms with van der Waals surface area (Å²) in [4.78, 5) is 17.3. The Hall–Kier alpha value is -1.36. The zero-order valence-corrected chi connectivity index (χ0v) is 14.9. The van der Waals surface area contributed by atoms with E-state index in [-0.39, 0.29) is 5.91 Å². The SMILES string of the molecule is Cc1[nH]nc(C2CC2)c1C(=O)N(C)C[C@H]1CCN(CC(C)C)C1. The number of aryl methyl sites for hydroxylation is 1. The van der Waals surface area contributed by atoms with E-state index in [1.165, 1.54) is 32.4 Å². The zero-order valence-electron chi connectivity index (χ0n) is 14.9. The molecule has 1 aliphatic carbocycles. The van der Waals surface area contributed by atoms with Crippen molar-refractivity contribution in [2.24, 2.45) is 11.8 Å². The van der Waals surface area contributed by atoms with Gasteiger partial charge in [0, 0.05) is 38.3 Å². The Morgan fingerprint density at radius 2 is 2.13 bits per heavy atom. The lowest BCUT2D eigenvalue weighted by Crippen LogP contribution is -2.34. The summed E-state index contributed by atoms with van der Waals surface area (Å²) in [6.07, 6.45) is 3.53. The van der Waals surface area contributed by atoms with Crippen molar-refractivity contribution in [2.45, 2.75) is 46.0 Å². The normalized spacial score (nSPS) is 22.0. The molecule has 1 aromatic heterocycles. The van der Waals surface area contributed by atoms with Gasteiger partial charge in [-0.3, -0.25) is 9.89 Å². The van der Waals surface area contributed by atoms with Gasteiger partial charge >= 0.3 is 0 Å². The summed E-state index contributed by atoms with van der Waals surface area (Å²) >= 11 is 0. The first kappa shape index (κ1) is 16.5. The minimum atomic E-state index is 0.139. The Labute approximate surface area is 139 Å². The molecular formula is C18H30N4O. The Kier molecular flexibility index (Phi) is 4.76. The van der Waals surface area contributed by atoms with Crippen molar-refractivity contribution < 1.29 is 4.79 Å². The molecule has 5 heteroatoms. The quantitative estimate of drug-likeness (QED) is 0.877. The lowest BCUT2D eigenvalue weighted by atomic mass is 10.1. The smallest absolute Gasteiger partial charge is 0.257 e. The third-order valence-corrected chi connectivity index (χ3v) is 5.03. The van der Waals surface area contributed by atoms with Gasteiger partial charge in [-0.25, -0.2) is 0 Å². The van der Waals surface area contributed by atoms with Crippen LogP contribution in [0.3, 0.4) is 0 Å². The molecule has 1 aliphatic heterocycles. The molecule has 1 aromatic rings. The maximum Gasteiger partial charge on any atom is 0.257 e. The predicted molar refractivity (Wildman–Crippen MR) is 91.6 cm³/mol. The van der Waals surface area contributed by atoms with Gasteiger partial charge in [0.2, 0.25) is 0 Å². The molecule has 1 saturated heterocycles. The number of carbonyl (C=O) groups is 1. The van der Waals surface area contributed by atoms with Crippen molar-refractivity contribution in [1.82, 2.24) is 20.0 Å². The lowest BCUT2D eigenvalue weighted by molar-refractivity contribution is 0.0771. The van der Waals surface area contributed by atoms with Gasteiger partial charge in [-0.15, -0.1) is 0 Å². The van der Waals surface area contributed by atoms with Crippen LogP contribution >= 0.6 is 0 Å². The van der Waals surface area contributed by atoms with Crippen LogP contribution in [0.5, 0.6) is 0 Å². The Balaban J connectivity index is 1.59. The van der Waals surface area contributed by atoms with Crippen LogP contribution in [0.4, 0.5) is 0 Å². The number of aromatic amines is 1. The molecule has 0 bridgehead atoms. The molecular weight excluding hydrogens is 288 g/mol. The first-order valence-electron chi connectivity index (χ1n) is 8.98. The average Bonchev–Trinajstić information content (AvgIpc) is 3.13. The first-order chi connectivity index (χ1) is 11.0. The highest BCUT2D eigenvalue weighted by Crippen LogP contribution is 2.41. The van der Waals surface area contributed by atoms with E-state index in [0.29, 0.717) is 17.8 Å². The number of amides is 1. The molecule has 0 aromatic carbocycles. The summed E-state index contributed by atoms with van der Waals surface area (Å²) in [5, 5.41) is 7.39. The number of hydrogen-bond donors (Lipinski definition) is 1. The molecule has 0 radical (unpaired) electrons. The predicted octanol–water partition coefficient (Wildman–Crippen LogP) is 2.65. The number of rotatable bonds is 6. The van der Waals surface area contributed by atoms with Gasteiger partial charge in [-0.05, 0) is 44.6 Å². The van der Waals surface area contributed by atoms with Crippen molar-refractivity contribution >= 4 is 5.91 Å². The molecule has 1 N–H and O–H groups in total. The monoisotopic (exact) mass is 318 g/mol. The minimum absolute atomic E-state index is 0.139. The standard InChI is InChI=1S/C18H30N4O/c1-12(2)9-22-8-7-14(11-22)10-21(4)18(23)16-13(3)19-20-17(16)15-5-6-15/h12,14-15H,5-11H2,1-4H3,(H,19,20)/t14-/m1/s1. The molecule has 1 amide bonds. The zero-order chi connectivity index (χ0) is 16.6. The number of likely N-dealkylation sites (tertiary alicyclic amines) is 1. The van der Waals surface area contributed by atoms with Gasteiger partial charge in [0.1, 0.15) is 0 Å². The van der Waals surface area contributed by atoms with Gasteiger partial charge in [0.15, 0.2) is 0 Å². The van der Waals surface area contributed by atoms with E-state index in [0.717, 1.165) is 30.0 Å². The highest BCUT2D eigenvalue weighted by Gasteiger charge is 2.33. The summed E-state index contributed by atoms with van der Waals surface area (Å²) in [6, 6.07) is 0. The minimum Gasteiger partial charge on any atom is -0.341 e. The second kappa shape index (κ2) is 6.63. The van der Waals surface area contributed by atoms with Gasteiger partial charge in [0.05, 0.1) is 11.3 Å². The van der Waals surface area contributed by atoms with Crippen molar-refractivity contribution in [2.75, 3.05) is 33.2 Å². The number of aromatic nitrogens is 2. The fourth-order valence-electron chi connectivity index (χ4n) is 3.78. The second-order valence-electron chi connectivity index (χ2n) is 7.88. The van der Waals surface area contributed by atoms with Gasteiger partial charge in [-0.1, -0.05) is 13.8 Å². The van der Waals surface area contributed by atoms with E-state index in [2.05, 4.69) is 28.9 Å². The molecule has 2 fully saturated rings. The van der Waals surface area contributed by atoms with Crippen LogP contribution < -0.4 is 0 Å². The van der Waals surface area contributed by atoms with Crippen LogP contribution in [-0.2, 0) is 0 Å². The number of carbonyl (C=O) groups excluding carboxylic acids is 1. The Bertz CT molecular complexity index is 561. The summed E-state index contributed by atoms with van der Waals surface area (Å²) in [5.41, 5.74) is 2.73. The van der Waals surface area contributed by atoms with E-state index in [1.54, 1.807) is 0 Å². The highest BCUT2D eigenvalue weighted by molar-refractivity contribution is 5.96. The molecule has 3 rings (SSSR count). The van der Waals surface area contributed by atoms with Crippen LogP contribution in [-0.4, -0.2) is 59.1 Å². The topological polar surface area (TPSA) is 52.2 Å². The van der Waals surface area contributed by atoms with Crippen LogP contribution in [0.25, 0.3) is 0 Å². The average molecular weight is 318 g/mol. The molecule has 5 nitrogen and oxygen atoms in total. The van der Waals surface area contributed by atoms with E-state index in [9.17, 15) is 4.79 Å². The van der Waals surface area contributed by atoms with Crippen molar-refractivity contribution in [1.29, 1.82) is 0 Å². The fraction of sp³-hybridized carbons (Fsp3) is 0.778. The fourth-order valence-corrected chi connectivity index (χ4v) is 3.78. The molecule has 2 heterocycles. The first-order valence-corrected chi connectivity index (χ1v) is 8.98. The third-order valence-electron chi connectivity index (χ3n) is 5.03. The maximum absolute atomic E-state index is 12.9. The van der Waals surface area contributed by atoms with Crippen LogP contribution in [0.15, 0.2) is 0 Å². The molecule has 2 aliphatic rings. The molecule has 1 saturated carbocycles. The lowest BCUT2D eigenvalue weighted by Gasteiger charge is -2.23. The summed E-state index contributed by atoms with van der Waals surface area (Å²) < 4.78 is 0. The maximum atomic E-state index is 12.9. The number of hydrogen-bond acceptors (Lipinski definition) is 3. The van der Waals surface area contributed by atoms with Crippen LogP contribution in [0.2, 0.25) is 0 Å². The van der Waals surface area contributed by atoms with Crippen molar-refractivity contribution in [3.8, 4) is 0 Å². The second-order valence-corrected chi connectivity index (χ2v) is 7.88. The molecule has 0 unspecified atom stereocenters. The van der Waals surface area contributed by atoms with E-state index >= 15 is 0 Å². The summed E-state index contributed by atoms with van der Waals surface area (Å²) in [6.45, 7) is 10.8. The molecule has 23 heavy (non-hydrogen) atoms. The molecule has 1 atom stereocenters. The van der Waals surface area contributed by atoms with Gasteiger partial charge in [-0.2, -0.15) is 5.10 Å². The number of nitrogens with zero attached hydrogens (tertiary/aromatic N) is 3. The summed E-state index contributed by atoms with van der Waals surface area (Å²) in [5.74, 6) is 1.95. The van der Waals surface area contributed by atoms with Crippen molar-refractivity contribution in [3.63, 3.8) is 0 Å². The third kappa shape index (κ3) is 3.77. The van der Waals surface area contributed by atoms with Crippen LogP contribution in [0, 0.1) is 18.8 Å². The molecule has 128 valence electrons. The van der Waals surface area contributed by atoms with E-state index in [1.807, 2.05) is 18.9 Å². The molecule has 0 spiro atoms. The van der Waals surface area contributed by atoms with E-state index < -0.39 is 0 Å². The highest BCUT2D eigenvalue weighted by atomic mass is 16.2. The largest absolute Gasteiger partial charge is 0.341 e. The number of H-pyrrole nitrogens is 1. The van der Waals surface area contributed by atoms with Crippen LogP contribution in [0.1, 0.15) is 60.8 Å². The number of nitrogens with one attached hydrogen (secondary N) is 1. The Morgan fingerprint density at radius 3 is 2.78 bits per heavy atom. The van der Waals surface area contributed by atoms with Gasteiger partial charge < -0.3 is 9.80 Å². The van der Waals surface area contributed by atoms with E-state index in [4.69, 9.17) is 0 Å². The van der Waals surface area contributed by atoms with Gasteiger partial charge in [0.25, 0.3) is 5.91 Å².